The van der Waals surface area contributed by atoms with E-state index in [1.165, 1.54) is 5.52 Å². The number of aryl methyl sites for hydroxylation is 1. The fourth-order valence-electron chi connectivity index (χ4n) is 1.79. The molecule has 0 aliphatic carbocycles. The number of hydrogen-bond acceptors (Lipinski definition) is 2. The first-order valence-corrected chi connectivity index (χ1v) is 5.67. The SMILES string of the molecule is CC(C)Cc1nc2cc(S)ccc2n1C. The minimum absolute atomic E-state index is 0.635. The lowest BCUT2D eigenvalue weighted by Gasteiger charge is -2.04. The fourth-order valence-corrected chi connectivity index (χ4v) is 1.98. The van der Waals surface area contributed by atoms with Gasteiger partial charge in [-0.2, -0.15) is 0 Å². The van der Waals surface area contributed by atoms with Gasteiger partial charge in [0.2, 0.25) is 0 Å². The van der Waals surface area contributed by atoms with Crippen molar-refractivity contribution in [1.29, 1.82) is 0 Å². The highest BCUT2D eigenvalue weighted by atomic mass is 32.1. The summed E-state index contributed by atoms with van der Waals surface area (Å²) in [5.74, 6) is 1.79. The Morgan fingerprint density at radius 2 is 2.13 bits per heavy atom. The van der Waals surface area contributed by atoms with Crippen LogP contribution in [0.5, 0.6) is 0 Å². The van der Waals surface area contributed by atoms with Gasteiger partial charge in [-0.25, -0.2) is 4.98 Å². The van der Waals surface area contributed by atoms with Crippen LogP contribution in [-0.2, 0) is 13.5 Å². The molecule has 1 aromatic carbocycles. The summed E-state index contributed by atoms with van der Waals surface area (Å²) in [6.07, 6.45) is 1.02. The zero-order chi connectivity index (χ0) is 11.0. The van der Waals surface area contributed by atoms with Crippen molar-refractivity contribution in [1.82, 2.24) is 9.55 Å². The predicted molar refractivity (Wildman–Crippen MR) is 66.5 cm³/mol. The maximum Gasteiger partial charge on any atom is 0.109 e. The van der Waals surface area contributed by atoms with E-state index >= 15 is 0 Å². The Hall–Kier alpha value is -0.960. The molecule has 0 spiro atoms. The van der Waals surface area contributed by atoms with E-state index in [1.54, 1.807) is 0 Å². The number of aromatic nitrogens is 2. The van der Waals surface area contributed by atoms with Gasteiger partial charge >= 0.3 is 0 Å². The van der Waals surface area contributed by atoms with E-state index in [0.717, 1.165) is 22.7 Å². The summed E-state index contributed by atoms with van der Waals surface area (Å²) >= 11 is 4.32. The van der Waals surface area contributed by atoms with E-state index in [0.29, 0.717) is 5.92 Å². The Bertz CT molecular complexity index is 486. The van der Waals surface area contributed by atoms with Gasteiger partial charge in [-0.05, 0) is 24.1 Å². The largest absolute Gasteiger partial charge is 0.331 e. The van der Waals surface area contributed by atoms with Crippen molar-refractivity contribution in [2.75, 3.05) is 0 Å². The second-order valence-corrected chi connectivity index (χ2v) is 4.87. The maximum absolute atomic E-state index is 4.63. The lowest BCUT2D eigenvalue weighted by Crippen LogP contribution is -2.02. The van der Waals surface area contributed by atoms with Crippen LogP contribution < -0.4 is 0 Å². The van der Waals surface area contributed by atoms with E-state index in [4.69, 9.17) is 0 Å². The van der Waals surface area contributed by atoms with Gasteiger partial charge in [0.15, 0.2) is 0 Å². The van der Waals surface area contributed by atoms with Gasteiger partial charge in [-0.15, -0.1) is 12.6 Å². The van der Waals surface area contributed by atoms with Crippen molar-refractivity contribution in [2.24, 2.45) is 13.0 Å². The van der Waals surface area contributed by atoms with Gasteiger partial charge in [0.05, 0.1) is 11.0 Å². The van der Waals surface area contributed by atoms with Crippen LogP contribution in [0.3, 0.4) is 0 Å². The molecule has 0 saturated carbocycles. The first-order valence-electron chi connectivity index (χ1n) is 5.22. The van der Waals surface area contributed by atoms with Crippen LogP contribution in [0.25, 0.3) is 11.0 Å². The highest BCUT2D eigenvalue weighted by Gasteiger charge is 2.08. The third-order valence-electron chi connectivity index (χ3n) is 2.55. The van der Waals surface area contributed by atoms with Gasteiger partial charge in [0, 0.05) is 18.4 Å². The molecule has 0 aliphatic rings. The van der Waals surface area contributed by atoms with Crippen molar-refractivity contribution in [3.8, 4) is 0 Å². The lowest BCUT2D eigenvalue weighted by atomic mass is 10.1. The third kappa shape index (κ3) is 2.02. The molecular weight excluding hydrogens is 204 g/mol. The standard InChI is InChI=1S/C12H16N2S/c1-8(2)6-12-13-10-7-9(15)4-5-11(10)14(12)3/h4-5,7-8,15H,6H2,1-3H3. The molecule has 2 nitrogen and oxygen atoms in total. The summed E-state index contributed by atoms with van der Waals surface area (Å²) in [6, 6.07) is 6.10. The highest BCUT2D eigenvalue weighted by Crippen LogP contribution is 2.19. The van der Waals surface area contributed by atoms with Crippen molar-refractivity contribution in [3.63, 3.8) is 0 Å². The Kier molecular flexibility index (Phi) is 2.74. The van der Waals surface area contributed by atoms with E-state index in [9.17, 15) is 0 Å². The Balaban J connectivity index is 2.54. The van der Waals surface area contributed by atoms with E-state index < -0.39 is 0 Å². The summed E-state index contributed by atoms with van der Waals surface area (Å²) in [7, 11) is 2.07. The smallest absolute Gasteiger partial charge is 0.109 e. The first-order chi connectivity index (χ1) is 7.08. The molecule has 0 amide bonds. The van der Waals surface area contributed by atoms with Crippen LogP contribution in [0.4, 0.5) is 0 Å². The molecule has 3 heteroatoms. The Labute approximate surface area is 95.7 Å². The third-order valence-corrected chi connectivity index (χ3v) is 2.83. The average molecular weight is 220 g/mol. The van der Waals surface area contributed by atoms with E-state index in [1.807, 2.05) is 12.1 Å². The predicted octanol–water partition coefficient (Wildman–Crippen LogP) is 3.06. The van der Waals surface area contributed by atoms with E-state index in [-0.39, 0.29) is 0 Å². The number of hydrogen-bond donors (Lipinski definition) is 1. The monoisotopic (exact) mass is 220 g/mol. The number of fused-ring (bicyclic) bond motifs is 1. The number of nitrogens with zero attached hydrogens (tertiary/aromatic N) is 2. The Morgan fingerprint density at radius 1 is 1.40 bits per heavy atom. The minimum atomic E-state index is 0.635. The van der Waals surface area contributed by atoms with Crippen LogP contribution >= 0.6 is 12.6 Å². The van der Waals surface area contributed by atoms with Crippen LogP contribution in [0, 0.1) is 5.92 Å². The number of benzene rings is 1. The van der Waals surface area contributed by atoms with Crippen LogP contribution in [0.2, 0.25) is 0 Å². The normalized spacial score (nSPS) is 11.5. The van der Waals surface area contributed by atoms with E-state index in [2.05, 4.69) is 49.1 Å². The zero-order valence-corrected chi connectivity index (χ0v) is 10.3. The fraction of sp³-hybridized carbons (Fsp3) is 0.417. The topological polar surface area (TPSA) is 17.8 Å². The number of thiol groups is 1. The van der Waals surface area contributed by atoms with Gasteiger partial charge < -0.3 is 4.57 Å². The molecule has 1 heterocycles. The molecule has 0 fully saturated rings. The summed E-state index contributed by atoms with van der Waals surface area (Å²) in [5, 5.41) is 0. The molecule has 0 atom stereocenters. The molecule has 1 aromatic heterocycles. The molecule has 0 aliphatic heterocycles. The summed E-state index contributed by atoms with van der Waals surface area (Å²) in [4.78, 5) is 5.60. The highest BCUT2D eigenvalue weighted by molar-refractivity contribution is 7.80. The van der Waals surface area contributed by atoms with Crippen LogP contribution in [0.1, 0.15) is 19.7 Å². The Morgan fingerprint density at radius 3 is 2.80 bits per heavy atom. The molecule has 2 rings (SSSR count). The molecule has 2 aromatic rings. The van der Waals surface area contributed by atoms with Crippen molar-refractivity contribution in [2.45, 2.75) is 25.2 Å². The quantitative estimate of drug-likeness (QED) is 0.770. The first kappa shape index (κ1) is 10.6. The van der Waals surface area contributed by atoms with Gasteiger partial charge in [0.1, 0.15) is 5.82 Å². The molecule has 0 radical (unpaired) electrons. The molecular formula is C12H16N2S. The van der Waals surface area contributed by atoms with Crippen molar-refractivity contribution >= 4 is 23.7 Å². The maximum atomic E-state index is 4.63. The second-order valence-electron chi connectivity index (χ2n) is 4.36. The lowest BCUT2D eigenvalue weighted by molar-refractivity contribution is 0.606. The van der Waals surface area contributed by atoms with Crippen molar-refractivity contribution < 1.29 is 0 Å². The van der Waals surface area contributed by atoms with Gasteiger partial charge in [0.25, 0.3) is 0 Å². The molecule has 0 N–H and O–H groups in total. The van der Waals surface area contributed by atoms with Crippen LogP contribution in [-0.4, -0.2) is 9.55 Å². The number of rotatable bonds is 2. The number of imidazole rings is 1. The summed E-state index contributed by atoms with van der Waals surface area (Å²) in [5.41, 5.74) is 2.23. The van der Waals surface area contributed by atoms with Gasteiger partial charge in [-0.3, -0.25) is 0 Å². The average Bonchev–Trinajstić information content (AvgIpc) is 2.42. The molecule has 80 valence electrons. The molecule has 0 bridgehead atoms. The molecule has 0 saturated heterocycles. The molecule has 15 heavy (non-hydrogen) atoms. The van der Waals surface area contributed by atoms with Crippen LogP contribution in [0.15, 0.2) is 23.1 Å². The second kappa shape index (κ2) is 3.89. The molecule has 0 unspecified atom stereocenters. The van der Waals surface area contributed by atoms with Gasteiger partial charge in [-0.1, -0.05) is 13.8 Å². The van der Waals surface area contributed by atoms with Crippen molar-refractivity contribution in [3.05, 3.63) is 24.0 Å². The minimum Gasteiger partial charge on any atom is -0.331 e. The summed E-state index contributed by atoms with van der Waals surface area (Å²) < 4.78 is 2.17. The zero-order valence-electron chi connectivity index (χ0n) is 9.36. The summed E-state index contributed by atoms with van der Waals surface area (Å²) in [6.45, 7) is 4.42.